The van der Waals surface area contributed by atoms with Gasteiger partial charge in [0, 0.05) is 19.6 Å². The van der Waals surface area contributed by atoms with Gasteiger partial charge in [0.15, 0.2) is 0 Å². The molecular weight excluding hydrogens is 356 g/mol. The van der Waals surface area contributed by atoms with Crippen LogP contribution in [-0.2, 0) is 14.3 Å². The van der Waals surface area contributed by atoms with Gasteiger partial charge in [0.2, 0.25) is 5.91 Å². The molecular formula is C17H28N4O6. The Bertz CT molecular complexity index is 617. The zero-order valence-electron chi connectivity index (χ0n) is 16.2. The number of nitrogens with one attached hydrogen (secondary N) is 2. The van der Waals surface area contributed by atoms with E-state index in [1.165, 1.54) is 16.8 Å². The van der Waals surface area contributed by atoms with Crippen LogP contribution in [0, 0.1) is 0 Å². The van der Waals surface area contributed by atoms with E-state index in [2.05, 4.69) is 10.6 Å². The van der Waals surface area contributed by atoms with Crippen LogP contribution in [0.1, 0.15) is 40.0 Å². The molecule has 152 valence electrons. The van der Waals surface area contributed by atoms with Gasteiger partial charge in [-0.3, -0.25) is 4.79 Å². The lowest BCUT2D eigenvalue weighted by molar-refractivity contribution is -0.151. The highest BCUT2D eigenvalue weighted by molar-refractivity contribution is 5.91. The fraction of sp³-hybridized carbons (Fsp3) is 0.765. The van der Waals surface area contributed by atoms with Gasteiger partial charge in [-0.25, -0.2) is 14.4 Å². The number of fused-ring (bicyclic) bond motifs is 1. The summed E-state index contributed by atoms with van der Waals surface area (Å²) in [5, 5.41) is 14.5. The fourth-order valence-electron chi connectivity index (χ4n) is 3.52. The van der Waals surface area contributed by atoms with E-state index in [4.69, 9.17) is 4.74 Å². The van der Waals surface area contributed by atoms with E-state index >= 15 is 0 Å². The summed E-state index contributed by atoms with van der Waals surface area (Å²) >= 11 is 0. The molecule has 3 N–H and O–H groups in total. The third-order valence-electron chi connectivity index (χ3n) is 4.67. The zero-order chi connectivity index (χ0) is 20.4. The first kappa shape index (κ1) is 20.8. The van der Waals surface area contributed by atoms with Crippen molar-refractivity contribution in [1.29, 1.82) is 0 Å². The van der Waals surface area contributed by atoms with Crippen molar-refractivity contribution in [1.82, 2.24) is 20.4 Å². The van der Waals surface area contributed by atoms with E-state index in [1.807, 2.05) is 0 Å². The van der Waals surface area contributed by atoms with E-state index in [9.17, 15) is 24.3 Å². The van der Waals surface area contributed by atoms with Gasteiger partial charge in [0.1, 0.15) is 17.7 Å². The van der Waals surface area contributed by atoms with Crippen LogP contribution in [0.3, 0.4) is 0 Å². The van der Waals surface area contributed by atoms with Crippen LogP contribution in [0.25, 0.3) is 0 Å². The van der Waals surface area contributed by atoms with Gasteiger partial charge in [-0.15, -0.1) is 0 Å². The number of amides is 4. The second-order valence-electron chi connectivity index (χ2n) is 7.82. The Morgan fingerprint density at radius 1 is 1.19 bits per heavy atom. The highest BCUT2D eigenvalue weighted by Crippen LogP contribution is 2.29. The number of aliphatic carboxylic acids is 1. The molecule has 10 heteroatoms. The molecule has 0 aromatic rings. The van der Waals surface area contributed by atoms with E-state index < -0.39 is 35.7 Å². The molecule has 0 aromatic carbocycles. The largest absolute Gasteiger partial charge is 0.480 e. The Labute approximate surface area is 158 Å². The van der Waals surface area contributed by atoms with Crippen LogP contribution < -0.4 is 10.6 Å². The molecule has 2 fully saturated rings. The molecule has 3 atom stereocenters. The Kier molecular flexibility index (Phi) is 6.17. The number of carboxylic acid groups (broad SMARTS) is 1. The van der Waals surface area contributed by atoms with Crippen molar-refractivity contribution >= 4 is 24.0 Å². The highest BCUT2D eigenvalue weighted by atomic mass is 16.6. The summed E-state index contributed by atoms with van der Waals surface area (Å²) in [4.78, 5) is 51.7. The number of carbonyl (C=O) groups excluding carboxylic acids is 3. The second kappa shape index (κ2) is 8.01. The normalized spacial score (nSPS) is 25.9. The maximum atomic E-state index is 13.1. The number of urea groups is 1. The number of carboxylic acids is 1. The predicted molar refractivity (Wildman–Crippen MR) is 95.1 cm³/mol. The summed E-state index contributed by atoms with van der Waals surface area (Å²) in [5.41, 5.74) is -0.755. The number of hydrogen-bond acceptors (Lipinski definition) is 5. The number of nitrogens with zero attached hydrogens (tertiary/aromatic N) is 2. The van der Waals surface area contributed by atoms with Crippen LogP contribution >= 0.6 is 0 Å². The summed E-state index contributed by atoms with van der Waals surface area (Å²) < 4.78 is 5.21. The van der Waals surface area contributed by atoms with Crippen LogP contribution in [0.4, 0.5) is 9.59 Å². The highest BCUT2D eigenvalue weighted by Gasteiger charge is 2.45. The van der Waals surface area contributed by atoms with Gasteiger partial charge in [0.05, 0.1) is 6.54 Å². The van der Waals surface area contributed by atoms with Crippen LogP contribution in [0.5, 0.6) is 0 Å². The Hall–Kier alpha value is -2.52. The lowest BCUT2D eigenvalue weighted by atomic mass is 10.1. The minimum atomic E-state index is -1.08. The van der Waals surface area contributed by atoms with Gasteiger partial charge in [-0.2, -0.15) is 0 Å². The monoisotopic (exact) mass is 384 g/mol. The van der Waals surface area contributed by atoms with Crippen molar-refractivity contribution in [2.24, 2.45) is 0 Å². The summed E-state index contributed by atoms with van der Waals surface area (Å²) in [7, 11) is 1.49. The van der Waals surface area contributed by atoms with E-state index in [1.54, 1.807) is 20.8 Å². The van der Waals surface area contributed by atoms with Gasteiger partial charge >= 0.3 is 18.1 Å². The van der Waals surface area contributed by atoms with Crippen LogP contribution in [0.2, 0.25) is 0 Å². The van der Waals surface area contributed by atoms with Gasteiger partial charge in [-0.05, 0) is 40.0 Å². The van der Waals surface area contributed by atoms with Crippen molar-refractivity contribution in [2.45, 2.75) is 63.8 Å². The molecule has 0 radical (unpaired) electrons. The summed E-state index contributed by atoms with van der Waals surface area (Å²) in [6, 6.07) is -2.65. The Morgan fingerprint density at radius 3 is 2.41 bits per heavy atom. The third kappa shape index (κ3) is 5.01. The van der Waals surface area contributed by atoms with E-state index in [0.29, 0.717) is 25.8 Å². The van der Waals surface area contributed by atoms with Gasteiger partial charge in [-0.1, -0.05) is 0 Å². The molecule has 2 heterocycles. The minimum Gasteiger partial charge on any atom is -0.480 e. The van der Waals surface area contributed by atoms with Crippen molar-refractivity contribution < 1.29 is 29.0 Å². The molecule has 2 saturated heterocycles. The number of carbonyl (C=O) groups is 4. The SMILES string of the molecule is CNC(=O)N1CCC2CCC(C(=O)O)N2C(=O)C(NC(=O)OC(C)(C)C)C1. The molecule has 0 saturated carbocycles. The number of hydrogen-bond donors (Lipinski definition) is 3. The zero-order valence-corrected chi connectivity index (χ0v) is 16.2. The molecule has 10 nitrogen and oxygen atoms in total. The molecule has 0 aliphatic carbocycles. The first-order valence-corrected chi connectivity index (χ1v) is 9.04. The lowest BCUT2D eigenvalue weighted by Gasteiger charge is -2.38. The molecule has 4 amide bonds. The quantitative estimate of drug-likeness (QED) is 0.631. The van der Waals surface area contributed by atoms with E-state index in [0.717, 1.165) is 0 Å². The summed E-state index contributed by atoms with van der Waals surface area (Å²) in [5.74, 6) is -1.57. The lowest BCUT2D eigenvalue weighted by Crippen LogP contribution is -2.61. The minimum absolute atomic E-state index is 0.0622. The molecule has 2 aliphatic rings. The first-order valence-electron chi connectivity index (χ1n) is 9.04. The second-order valence-corrected chi connectivity index (χ2v) is 7.82. The van der Waals surface area contributed by atoms with Gasteiger partial charge in [0.25, 0.3) is 0 Å². The Balaban J connectivity index is 2.26. The fourth-order valence-corrected chi connectivity index (χ4v) is 3.52. The average Bonchev–Trinajstić information content (AvgIpc) is 2.96. The van der Waals surface area contributed by atoms with Crippen molar-refractivity contribution in [3.05, 3.63) is 0 Å². The van der Waals surface area contributed by atoms with E-state index in [-0.39, 0.29) is 18.6 Å². The smallest absolute Gasteiger partial charge is 0.408 e. The number of rotatable bonds is 2. The van der Waals surface area contributed by atoms with Crippen molar-refractivity contribution in [3.63, 3.8) is 0 Å². The maximum Gasteiger partial charge on any atom is 0.408 e. The molecule has 2 aliphatic heterocycles. The van der Waals surface area contributed by atoms with Crippen molar-refractivity contribution in [3.8, 4) is 0 Å². The van der Waals surface area contributed by atoms with Gasteiger partial charge < -0.3 is 30.3 Å². The molecule has 3 unspecified atom stereocenters. The summed E-state index contributed by atoms with van der Waals surface area (Å²) in [6.07, 6.45) is 0.595. The number of ether oxygens (including phenoxy) is 1. The molecule has 0 spiro atoms. The average molecular weight is 384 g/mol. The topological polar surface area (TPSA) is 128 Å². The Morgan fingerprint density at radius 2 is 1.85 bits per heavy atom. The van der Waals surface area contributed by atoms with Crippen LogP contribution in [-0.4, -0.2) is 82.8 Å². The molecule has 27 heavy (non-hydrogen) atoms. The molecule has 0 bridgehead atoms. The number of alkyl carbamates (subject to hydrolysis) is 1. The first-order chi connectivity index (χ1) is 12.5. The van der Waals surface area contributed by atoms with Crippen LogP contribution in [0.15, 0.2) is 0 Å². The third-order valence-corrected chi connectivity index (χ3v) is 4.67. The molecule has 0 aromatic heterocycles. The predicted octanol–water partition coefficient (Wildman–Crippen LogP) is 0.369. The standard InChI is InChI=1S/C17H28N4O6/c1-17(2,3)27-16(26)19-11-9-20(15(25)18-4)8-7-10-5-6-12(14(23)24)21(10)13(11)22/h10-12H,5-9H2,1-4H3,(H,18,25)(H,19,26)(H,23,24). The molecule has 2 rings (SSSR count). The van der Waals surface area contributed by atoms with Crippen molar-refractivity contribution in [2.75, 3.05) is 20.1 Å². The maximum absolute atomic E-state index is 13.1. The summed E-state index contributed by atoms with van der Waals surface area (Å²) in [6.45, 7) is 5.38.